The van der Waals surface area contributed by atoms with Gasteiger partial charge in [-0.2, -0.15) is 0 Å². The second-order valence-corrected chi connectivity index (χ2v) is 6.22. The maximum absolute atomic E-state index is 9.10. The van der Waals surface area contributed by atoms with Crippen LogP contribution in [-0.4, -0.2) is 50.5 Å². The van der Waals surface area contributed by atoms with Gasteiger partial charge < -0.3 is 24.2 Å². The van der Waals surface area contributed by atoms with Gasteiger partial charge in [-0.15, -0.1) is 0 Å². The van der Waals surface area contributed by atoms with Gasteiger partial charge in [-0.05, 0) is 6.55 Å². The van der Waals surface area contributed by atoms with Crippen LogP contribution in [0.3, 0.4) is 0 Å². The molecule has 0 heterocycles. The Labute approximate surface area is 72.8 Å². The topological polar surface area (TPSA) is 79.2 Å². The minimum Gasteiger partial charge on any atom is -0.398 e. The first kappa shape index (κ1) is 12.0. The van der Waals surface area contributed by atoms with E-state index in [1.54, 1.807) is 6.55 Å². The molecule has 12 heavy (non-hydrogen) atoms. The molecule has 6 heteroatoms. The zero-order valence-electron chi connectivity index (χ0n) is 7.52. The van der Waals surface area contributed by atoms with Gasteiger partial charge in [-0.1, -0.05) is 0 Å². The summed E-state index contributed by atoms with van der Waals surface area (Å²) < 4.78 is 10.1. The van der Waals surface area contributed by atoms with Crippen molar-refractivity contribution in [3.05, 3.63) is 0 Å². The molecule has 0 amide bonds. The van der Waals surface area contributed by atoms with E-state index < -0.39 is 21.0 Å². The molecule has 3 N–H and O–H groups in total. The second-order valence-electron chi connectivity index (χ2n) is 2.73. The summed E-state index contributed by atoms with van der Waals surface area (Å²) in [5, 5.41) is 26.3. The van der Waals surface area contributed by atoms with Crippen LogP contribution < -0.4 is 0 Å². The molecule has 0 aromatic rings. The average Bonchev–Trinajstić information content (AvgIpc) is 2.04. The fourth-order valence-corrected chi connectivity index (χ4v) is 2.21. The van der Waals surface area contributed by atoms with Crippen molar-refractivity contribution in [2.24, 2.45) is 0 Å². The molecule has 0 radical (unpaired) electrons. The Kier molecular flexibility index (Phi) is 4.91. The van der Waals surface area contributed by atoms with Crippen LogP contribution in [0, 0.1) is 0 Å². The summed E-state index contributed by atoms with van der Waals surface area (Å²) in [5.74, 6) is 0. The first-order valence-electron chi connectivity index (χ1n) is 3.59. The summed E-state index contributed by atoms with van der Waals surface area (Å²) in [6, 6.07) is 0.137. The highest BCUT2D eigenvalue weighted by Crippen LogP contribution is 2.15. The average molecular weight is 196 g/mol. The normalized spacial score (nSPS) is 15.2. The highest BCUT2D eigenvalue weighted by molar-refractivity contribution is 6.66. The van der Waals surface area contributed by atoms with E-state index in [1.165, 1.54) is 14.2 Å². The van der Waals surface area contributed by atoms with Crippen LogP contribution in [0.2, 0.25) is 12.6 Å². The van der Waals surface area contributed by atoms with E-state index in [2.05, 4.69) is 0 Å². The molecule has 0 saturated heterocycles. The summed E-state index contributed by atoms with van der Waals surface area (Å²) >= 11 is 0. The molecule has 0 fully saturated rings. The Bertz CT molecular complexity index is 125. The molecule has 0 saturated carbocycles. The number of aliphatic hydroxyl groups is 3. The van der Waals surface area contributed by atoms with Crippen LogP contribution in [-0.2, 0) is 8.85 Å². The monoisotopic (exact) mass is 196 g/mol. The van der Waals surface area contributed by atoms with Gasteiger partial charge in [-0.25, -0.2) is 0 Å². The molecular formula is C6H16O5Si. The molecule has 0 aromatic heterocycles. The van der Waals surface area contributed by atoms with Gasteiger partial charge in [0.25, 0.3) is 0 Å². The lowest BCUT2D eigenvalue weighted by Crippen LogP contribution is -2.43. The summed E-state index contributed by atoms with van der Waals surface area (Å²) in [5.41, 5.74) is 0. The van der Waals surface area contributed by atoms with E-state index >= 15 is 0 Å². The summed E-state index contributed by atoms with van der Waals surface area (Å²) in [6.45, 7) is 1.73. The van der Waals surface area contributed by atoms with Crippen molar-refractivity contribution < 1.29 is 24.2 Å². The zero-order chi connectivity index (χ0) is 9.78. The van der Waals surface area contributed by atoms with E-state index in [-0.39, 0.29) is 6.04 Å². The largest absolute Gasteiger partial charge is 0.398 e. The quantitative estimate of drug-likeness (QED) is 0.389. The van der Waals surface area contributed by atoms with Crippen molar-refractivity contribution >= 4 is 8.56 Å². The van der Waals surface area contributed by atoms with Crippen LogP contribution >= 0.6 is 0 Å². The molecule has 5 nitrogen and oxygen atoms in total. The predicted octanol–water partition coefficient (Wildman–Crippen LogP) is -0.977. The molecular weight excluding hydrogens is 180 g/mol. The number of rotatable bonds is 5. The fraction of sp³-hybridized carbons (Fsp3) is 1.00. The van der Waals surface area contributed by atoms with Crippen LogP contribution in [0.1, 0.15) is 0 Å². The first-order valence-corrected chi connectivity index (χ1v) is 6.12. The van der Waals surface area contributed by atoms with Gasteiger partial charge in [0.05, 0.1) is 0 Å². The lowest BCUT2D eigenvalue weighted by Gasteiger charge is -2.25. The van der Waals surface area contributed by atoms with Gasteiger partial charge in [0, 0.05) is 20.3 Å². The number of hydrogen-bond acceptors (Lipinski definition) is 5. The summed E-state index contributed by atoms with van der Waals surface area (Å²) in [7, 11) is 0.564. The Hall–Kier alpha value is 0.0169. The third-order valence-electron chi connectivity index (χ3n) is 1.79. The summed E-state index contributed by atoms with van der Waals surface area (Å²) in [4.78, 5) is 0. The standard InChI is InChI=1S/C6H16O5Si/c1-10-12(3,11-2)4-5(7)6(8)9/h5-9H,4H2,1-3H3. The highest BCUT2D eigenvalue weighted by Gasteiger charge is 2.34. The van der Waals surface area contributed by atoms with Crippen molar-refractivity contribution in [1.29, 1.82) is 0 Å². The maximum atomic E-state index is 9.10. The number of hydrogen-bond donors (Lipinski definition) is 3. The molecule has 0 aliphatic carbocycles. The third kappa shape index (κ3) is 3.61. The Morgan fingerprint density at radius 1 is 1.17 bits per heavy atom. The molecule has 1 unspecified atom stereocenters. The minimum atomic E-state index is -2.39. The molecule has 0 aliphatic rings. The van der Waals surface area contributed by atoms with Gasteiger partial charge in [0.1, 0.15) is 6.10 Å². The van der Waals surface area contributed by atoms with E-state index in [4.69, 9.17) is 24.2 Å². The third-order valence-corrected chi connectivity index (χ3v) is 4.67. The SMILES string of the molecule is CO[Si](C)(CC(O)C(O)O)OC. The molecule has 0 aromatic carbocycles. The van der Waals surface area contributed by atoms with E-state index in [0.29, 0.717) is 0 Å². The van der Waals surface area contributed by atoms with Gasteiger partial charge in [0.2, 0.25) is 0 Å². The van der Waals surface area contributed by atoms with E-state index in [1.807, 2.05) is 0 Å². The van der Waals surface area contributed by atoms with Gasteiger partial charge in [0.15, 0.2) is 6.29 Å². The summed E-state index contributed by atoms with van der Waals surface area (Å²) in [6.07, 6.45) is -2.94. The van der Waals surface area contributed by atoms with Crippen molar-refractivity contribution in [2.75, 3.05) is 14.2 Å². The maximum Gasteiger partial charge on any atom is 0.337 e. The van der Waals surface area contributed by atoms with Crippen LogP contribution in [0.15, 0.2) is 0 Å². The van der Waals surface area contributed by atoms with Gasteiger partial charge >= 0.3 is 8.56 Å². The van der Waals surface area contributed by atoms with E-state index in [9.17, 15) is 0 Å². The van der Waals surface area contributed by atoms with Crippen LogP contribution in [0.5, 0.6) is 0 Å². The smallest absolute Gasteiger partial charge is 0.337 e. The highest BCUT2D eigenvalue weighted by atomic mass is 28.4. The minimum absolute atomic E-state index is 0.137. The predicted molar refractivity (Wildman–Crippen MR) is 44.7 cm³/mol. The fourth-order valence-electron chi connectivity index (χ4n) is 0.735. The van der Waals surface area contributed by atoms with Crippen molar-refractivity contribution in [3.63, 3.8) is 0 Å². The Morgan fingerprint density at radius 2 is 1.58 bits per heavy atom. The van der Waals surface area contributed by atoms with E-state index in [0.717, 1.165) is 0 Å². The molecule has 74 valence electrons. The van der Waals surface area contributed by atoms with Gasteiger partial charge in [-0.3, -0.25) is 0 Å². The molecule has 1 atom stereocenters. The molecule has 0 rings (SSSR count). The molecule has 0 spiro atoms. The lowest BCUT2D eigenvalue weighted by molar-refractivity contribution is -0.116. The molecule has 0 aliphatic heterocycles. The van der Waals surface area contributed by atoms with Crippen LogP contribution in [0.4, 0.5) is 0 Å². The lowest BCUT2D eigenvalue weighted by atomic mass is 10.4. The van der Waals surface area contributed by atoms with Crippen LogP contribution in [0.25, 0.3) is 0 Å². The second kappa shape index (κ2) is 4.90. The van der Waals surface area contributed by atoms with Crippen molar-refractivity contribution in [1.82, 2.24) is 0 Å². The Balaban J connectivity index is 4.02. The Morgan fingerprint density at radius 3 is 1.83 bits per heavy atom. The van der Waals surface area contributed by atoms with Crippen molar-refractivity contribution in [2.45, 2.75) is 25.0 Å². The molecule has 0 bridgehead atoms. The number of aliphatic hydroxyl groups excluding tert-OH is 2. The zero-order valence-corrected chi connectivity index (χ0v) is 8.52. The first-order chi connectivity index (χ1) is 5.45. The van der Waals surface area contributed by atoms with Crippen molar-refractivity contribution in [3.8, 4) is 0 Å².